The zero-order valence-corrected chi connectivity index (χ0v) is 12.9. The molecule has 0 aliphatic carbocycles. The van der Waals surface area contributed by atoms with Crippen molar-refractivity contribution in [1.29, 1.82) is 0 Å². The maximum atomic E-state index is 12.6. The van der Waals surface area contributed by atoms with E-state index in [1.54, 1.807) is 0 Å². The van der Waals surface area contributed by atoms with E-state index in [0.29, 0.717) is 19.4 Å². The third kappa shape index (κ3) is 3.35. The van der Waals surface area contributed by atoms with Crippen molar-refractivity contribution < 1.29 is 9.90 Å². The molecule has 2 N–H and O–H groups in total. The number of likely N-dealkylation sites (tertiary alicyclic amines) is 1. The first-order valence-electron chi connectivity index (χ1n) is 7.58. The van der Waals surface area contributed by atoms with Crippen LogP contribution >= 0.6 is 11.8 Å². The Morgan fingerprint density at radius 2 is 2.00 bits per heavy atom. The number of benzene rings is 1. The lowest BCUT2D eigenvalue weighted by molar-refractivity contribution is -0.151. The number of hydrogen-bond acceptors (Lipinski definition) is 4. The van der Waals surface area contributed by atoms with Gasteiger partial charge in [0.05, 0.1) is 0 Å². The number of thioether (sulfide) groups is 1. The van der Waals surface area contributed by atoms with Crippen LogP contribution < -0.4 is 5.32 Å². The molecule has 4 nitrogen and oxygen atoms in total. The van der Waals surface area contributed by atoms with Gasteiger partial charge in [0, 0.05) is 24.8 Å². The van der Waals surface area contributed by atoms with Crippen molar-refractivity contribution >= 4 is 23.4 Å². The van der Waals surface area contributed by atoms with E-state index >= 15 is 0 Å². The molecule has 2 heterocycles. The van der Waals surface area contributed by atoms with Gasteiger partial charge in [0.2, 0.25) is 0 Å². The first-order chi connectivity index (χ1) is 10.2. The minimum atomic E-state index is -1.12. The van der Waals surface area contributed by atoms with E-state index in [0.717, 1.165) is 30.2 Å². The Morgan fingerprint density at radius 3 is 2.71 bits per heavy atom. The zero-order valence-electron chi connectivity index (χ0n) is 12.1. The van der Waals surface area contributed by atoms with Crippen LogP contribution in [-0.4, -0.2) is 52.2 Å². The number of para-hydroxylation sites is 1. The van der Waals surface area contributed by atoms with Crippen LogP contribution in [0.4, 0.5) is 5.69 Å². The number of rotatable bonds is 3. The molecule has 0 spiro atoms. The summed E-state index contributed by atoms with van der Waals surface area (Å²) in [4.78, 5) is 14.4. The van der Waals surface area contributed by atoms with Gasteiger partial charge in [-0.2, -0.15) is 11.8 Å². The average molecular weight is 306 g/mol. The van der Waals surface area contributed by atoms with Gasteiger partial charge in [-0.1, -0.05) is 18.2 Å². The summed E-state index contributed by atoms with van der Waals surface area (Å²) >= 11 is 1.82. The molecule has 1 aromatic carbocycles. The Hall–Kier alpha value is -1.20. The van der Waals surface area contributed by atoms with Gasteiger partial charge in [-0.15, -0.1) is 0 Å². The molecule has 2 fully saturated rings. The van der Waals surface area contributed by atoms with E-state index in [2.05, 4.69) is 5.32 Å². The van der Waals surface area contributed by atoms with Crippen molar-refractivity contribution in [3.63, 3.8) is 0 Å². The Morgan fingerprint density at radius 1 is 1.29 bits per heavy atom. The lowest BCUT2D eigenvalue weighted by atomic mass is 9.95. The second kappa shape index (κ2) is 6.28. The number of anilines is 1. The normalized spacial score (nSPS) is 24.8. The predicted molar refractivity (Wildman–Crippen MR) is 86.6 cm³/mol. The molecule has 3 rings (SSSR count). The van der Waals surface area contributed by atoms with Crippen LogP contribution in [-0.2, 0) is 4.79 Å². The molecular weight excluding hydrogens is 284 g/mol. The van der Waals surface area contributed by atoms with E-state index in [1.165, 1.54) is 0 Å². The van der Waals surface area contributed by atoms with Crippen LogP contribution in [0.15, 0.2) is 30.3 Å². The topological polar surface area (TPSA) is 52.6 Å². The number of hydrogen-bond donors (Lipinski definition) is 2. The van der Waals surface area contributed by atoms with Gasteiger partial charge in [0.15, 0.2) is 0 Å². The van der Waals surface area contributed by atoms with Crippen molar-refractivity contribution in [2.75, 3.05) is 29.9 Å². The summed E-state index contributed by atoms with van der Waals surface area (Å²) in [5.41, 5.74) is -0.0306. The molecule has 114 valence electrons. The number of aliphatic hydroxyl groups is 1. The molecule has 2 saturated heterocycles. The Kier molecular flexibility index (Phi) is 4.40. The van der Waals surface area contributed by atoms with Crippen LogP contribution in [0.5, 0.6) is 0 Å². The van der Waals surface area contributed by atoms with Gasteiger partial charge in [0.1, 0.15) is 5.60 Å². The quantitative estimate of drug-likeness (QED) is 0.896. The standard InChI is InChI=1S/C16H22N2O2S/c19-15(16(20)7-10-21-11-8-16)18-9-6-14(12-18)17-13-4-2-1-3-5-13/h1-5,14,17,20H,6-12H2. The van der Waals surface area contributed by atoms with E-state index in [9.17, 15) is 9.90 Å². The number of carbonyl (C=O) groups is 1. The summed E-state index contributed by atoms with van der Waals surface area (Å²) in [6.07, 6.45) is 2.11. The van der Waals surface area contributed by atoms with Crippen LogP contribution in [0.25, 0.3) is 0 Å². The monoisotopic (exact) mass is 306 g/mol. The zero-order chi connectivity index (χ0) is 14.7. The smallest absolute Gasteiger partial charge is 0.254 e. The lowest BCUT2D eigenvalue weighted by Crippen LogP contribution is -2.50. The SMILES string of the molecule is O=C(N1CCC(Nc2ccccc2)C1)C1(O)CCSCC1. The average Bonchev–Trinajstić information content (AvgIpc) is 2.96. The number of nitrogens with zero attached hydrogens (tertiary/aromatic N) is 1. The molecule has 21 heavy (non-hydrogen) atoms. The molecule has 0 bridgehead atoms. The summed E-state index contributed by atoms with van der Waals surface area (Å²) in [5.74, 6) is 1.68. The Labute approximate surface area is 129 Å². The summed E-state index contributed by atoms with van der Waals surface area (Å²) in [7, 11) is 0. The first-order valence-corrected chi connectivity index (χ1v) is 8.74. The van der Waals surface area contributed by atoms with Gasteiger partial charge in [-0.3, -0.25) is 4.79 Å². The minimum absolute atomic E-state index is 0.0693. The Balaban J connectivity index is 1.58. The molecule has 0 saturated carbocycles. The summed E-state index contributed by atoms with van der Waals surface area (Å²) in [6.45, 7) is 1.42. The van der Waals surface area contributed by atoms with Gasteiger partial charge in [-0.05, 0) is 42.9 Å². The highest BCUT2D eigenvalue weighted by Gasteiger charge is 2.42. The molecule has 0 radical (unpaired) electrons. The maximum Gasteiger partial charge on any atom is 0.254 e. The van der Waals surface area contributed by atoms with Gasteiger partial charge >= 0.3 is 0 Å². The van der Waals surface area contributed by atoms with Gasteiger partial charge in [-0.25, -0.2) is 0 Å². The fraction of sp³-hybridized carbons (Fsp3) is 0.562. The highest BCUT2D eigenvalue weighted by Crippen LogP contribution is 2.30. The van der Waals surface area contributed by atoms with Crippen LogP contribution in [0.1, 0.15) is 19.3 Å². The van der Waals surface area contributed by atoms with Crippen molar-refractivity contribution in [2.24, 2.45) is 0 Å². The van der Waals surface area contributed by atoms with Crippen LogP contribution in [0.2, 0.25) is 0 Å². The summed E-state index contributed by atoms with van der Waals surface area (Å²) < 4.78 is 0. The molecule has 5 heteroatoms. The largest absolute Gasteiger partial charge is 0.380 e. The second-order valence-electron chi connectivity index (χ2n) is 5.89. The molecule has 2 aliphatic rings. The van der Waals surface area contributed by atoms with E-state index in [1.807, 2.05) is 47.0 Å². The highest BCUT2D eigenvalue weighted by molar-refractivity contribution is 7.99. The van der Waals surface area contributed by atoms with Crippen molar-refractivity contribution in [1.82, 2.24) is 4.90 Å². The van der Waals surface area contributed by atoms with Crippen LogP contribution in [0, 0.1) is 0 Å². The van der Waals surface area contributed by atoms with Crippen molar-refractivity contribution in [3.8, 4) is 0 Å². The van der Waals surface area contributed by atoms with Gasteiger partial charge < -0.3 is 15.3 Å². The number of amides is 1. The van der Waals surface area contributed by atoms with Crippen molar-refractivity contribution in [3.05, 3.63) is 30.3 Å². The molecular formula is C16H22N2O2S. The third-order valence-electron chi connectivity index (χ3n) is 4.34. The summed E-state index contributed by atoms with van der Waals surface area (Å²) in [5, 5.41) is 14.0. The maximum absolute atomic E-state index is 12.6. The molecule has 1 atom stereocenters. The molecule has 1 amide bonds. The third-order valence-corrected chi connectivity index (χ3v) is 5.32. The molecule has 2 aliphatic heterocycles. The summed E-state index contributed by atoms with van der Waals surface area (Å²) in [6, 6.07) is 10.3. The van der Waals surface area contributed by atoms with Crippen molar-refractivity contribution in [2.45, 2.75) is 30.9 Å². The van der Waals surface area contributed by atoms with E-state index < -0.39 is 5.60 Å². The Bertz CT molecular complexity index is 488. The van der Waals surface area contributed by atoms with E-state index in [-0.39, 0.29) is 11.9 Å². The van der Waals surface area contributed by atoms with Crippen LogP contribution in [0.3, 0.4) is 0 Å². The lowest BCUT2D eigenvalue weighted by Gasteiger charge is -2.34. The number of nitrogens with one attached hydrogen (secondary N) is 1. The predicted octanol–water partition coefficient (Wildman–Crippen LogP) is 1.96. The first kappa shape index (κ1) is 14.7. The number of carbonyl (C=O) groups excluding carboxylic acids is 1. The van der Waals surface area contributed by atoms with E-state index in [4.69, 9.17) is 0 Å². The second-order valence-corrected chi connectivity index (χ2v) is 7.12. The molecule has 1 aromatic rings. The minimum Gasteiger partial charge on any atom is -0.380 e. The molecule has 1 unspecified atom stereocenters. The van der Waals surface area contributed by atoms with Gasteiger partial charge in [0.25, 0.3) is 5.91 Å². The fourth-order valence-electron chi connectivity index (χ4n) is 3.05. The molecule has 0 aromatic heterocycles. The fourth-order valence-corrected chi connectivity index (χ4v) is 4.22. The highest BCUT2D eigenvalue weighted by atomic mass is 32.2.